The van der Waals surface area contributed by atoms with E-state index >= 15 is 0 Å². The van der Waals surface area contributed by atoms with Crippen LogP contribution in [0.2, 0.25) is 0 Å². The van der Waals surface area contributed by atoms with Crippen molar-refractivity contribution in [2.45, 2.75) is 33.1 Å². The number of fused-ring (bicyclic) bond motifs is 7. The Kier molecular flexibility index (Phi) is 2.45. The zero-order valence-corrected chi connectivity index (χ0v) is 13.8. The summed E-state index contributed by atoms with van der Waals surface area (Å²) in [5.41, 5.74) is 10.8. The van der Waals surface area contributed by atoms with Crippen molar-refractivity contribution in [1.29, 1.82) is 0 Å². The Bertz CT molecular complexity index is 1020. The smallest absolute Gasteiger partial charge is 0.235 e. The van der Waals surface area contributed by atoms with E-state index < -0.39 is 0 Å². The largest absolute Gasteiger partial charge is 0.290 e. The highest BCUT2D eigenvalue weighted by molar-refractivity contribution is 5.93. The van der Waals surface area contributed by atoms with Gasteiger partial charge in [0.05, 0.1) is 17.6 Å². The van der Waals surface area contributed by atoms with Crippen LogP contribution in [-0.4, -0.2) is 27.4 Å². The lowest BCUT2D eigenvalue weighted by Gasteiger charge is -2.12. The van der Waals surface area contributed by atoms with E-state index in [0.717, 1.165) is 24.8 Å². The van der Waals surface area contributed by atoms with Gasteiger partial charge in [0, 0.05) is 12.0 Å². The number of hydrogen-bond donors (Lipinski definition) is 0. The zero-order valence-electron chi connectivity index (χ0n) is 13.8. The minimum Gasteiger partial charge on any atom is -0.290 e. The van der Waals surface area contributed by atoms with Crippen molar-refractivity contribution >= 4 is 22.9 Å². The van der Waals surface area contributed by atoms with Gasteiger partial charge in [-0.3, -0.25) is 4.57 Å². The zero-order chi connectivity index (χ0) is 15.7. The number of rotatable bonds is 1. The lowest BCUT2D eigenvalue weighted by molar-refractivity contribution is -0.394. The summed E-state index contributed by atoms with van der Waals surface area (Å²) in [4.78, 5) is 4.94. The van der Waals surface area contributed by atoms with E-state index in [0.29, 0.717) is 0 Å². The van der Waals surface area contributed by atoms with Crippen LogP contribution in [0.1, 0.15) is 35.0 Å². The topological polar surface area (TPSA) is 20.8 Å². The van der Waals surface area contributed by atoms with Gasteiger partial charge in [-0.25, -0.2) is 9.56 Å². The lowest BCUT2D eigenvalue weighted by Crippen LogP contribution is -2.01. The second-order valence-corrected chi connectivity index (χ2v) is 6.69. The van der Waals surface area contributed by atoms with E-state index in [1.807, 2.05) is 0 Å². The number of hydrogen-bond acceptors (Lipinski definition) is 1. The minimum atomic E-state index is 0.942. The first-order valence-corrected chi connectivity index (χ1v) is 8.40. The number of nitrogens with zero attached hydrogens (tertiary/aromatic N) is 3. The number of aromatic nitrogens is 2. The summed E-state index contributed by atoms with van der Waals surface area (Å²) in [5, 5.41) is 0. The van der Waals surface area contributed by atoms with Crippen LogP contribution in [0.4, 0.5) is 5.69 Å². The Labute approximate surface area is 135 Å². The van der Waals surface area contributed by atoms with E-state index in [2.05, 4.69) is 60.5 Å². The molecule has 3 nitrogen and oxygen atoms in total. The van der Waals surface area contributed by atoms with E-state index in [1.165, 1.54) is 45.0 Å². The van der Waals surface area contributed by atoms with Gasteiger partial charge in [0.1, 0.15) is 24.6 Å². The third-order valence-corrected chi connectivity index (χ3v) is 5.46. The molecule has 0 fully saturated rings. The van der Waals surface area contributed by atoms with E-state index in [-0.39, 0.29) is 0 Å². The molecule has 3 heteroatoms. The van der Waals surface area contributed by atoms with Gasteiger partial charge in [-0.1, -0.05) is 19.1 Å². The molecule has 1 aromatic heterocycles. The molecule has 0 spiro atoms. The molecule has 5 rings (SSSR count). The van der Waals surface area contributed by atoms with Crippen molar-refractivity contribution in [1.82, 2.24) is 9.55 Å². The molecule has 0 saturated heterocycles. The predicted molar refractivity (Wildman–Crippen MR) is 93.6 cm³/mol. The monoisotopic (exact) mass is 302 g/mol. The molecule has 2 aliphatic heterocycles. The summed E-state index contributed by atoms with van der Waals surface area (Å²) in [7, 11) is 2.15. The third-order valence-electron chi connectivity index (χ3n) is 5.46. The molecule has 0 saturated carbocycles. The van der Waals surface area contributed by atoms with Crippen LogP contribution in [-0.2, 0) is 19.3 Å². The number of imidazole rings is 1. The maximum absolute atomic E-state index is 4.94. The van der Waals surface area contributed by atoms with Gasteiger partial charge in [-0.05, 0) is 42.2 Å². The molecular formula is C20H20N3+. The highest BCUT2D eigenvalue weighted by Gasteiger charge is 2.31. The minimum absolute atomic E-state index is 0.942. The summed E-state index contributed by atoms with van der Waals surface area (Å²) < 4.78 is 4.69. The lowest BCUT2D eigenvalue weighted by atomic mass is 10.00. The van der Waals surface area contributed by atoms with E-state index in [4.69, 9.17) is 4.98 Å². The first-order chi connectivity index (χ1) is 11.2. The van der Waals surface area contributed by atoms with Gasteiger partial charge in [-0.15, -0.1) is 0 Å². The van der Waals surface area contributed by atoms with Crippen molar-refractivity contribution in [2.75, 3.05) is 7.05 Å². The molecule has 0 radical (unpaired) electrons. The molecule has 114 valence electrons. The molecule has 0 unspecified atom stereocenters. The molecule has 0 aliphatic carbocycles. The average Bonchev–Trinajstić information content (AvgIpc) is 3.19. The summed E-state index contributed by atoms with van der Waals surface area (Å²) in [6.07, 6.45) is 5.29. The maximum Gasteiger partial charge on any atom is 0.235 e. The van der Waals surface area contributed by atoms with Crippen LogP contribution in [0.5, 0.6) is 0 Å². The van der Waals surface area contributed by atoms with Crippen LogP contribution in [0.15, 0.2) is 24.3 Å². The van der Waals surface area contributed by atoms with Crippen LogP contribution in [0, 0.1) is 6.92 Å². The first kappa shape index (κ1) is 13.1. The highest BCUT2D eigenvalue weighted by atomic mass is 15.1. The molecule has 3 heterocycles. The Morgan fingerprint density at radius 3 is 2.83 bits per heavy atom. The Hall–Kier alpha value is -2.42. The second-order valence-electron chi connectivity index (χ2n) is 6.69. The van der Waals surface area contributed by atoms with Gasteiger partial charge < -0.3 is 0 Å². The van der Waals surface area contributed by atoms with Crippen LogP contribution in [0.25, 0.3) is 16.7 Å². The Morgan fingerprint density at radius 1 is 1.17 bits per heavy atom. The van der Waals surface area contributed by atoms with Crippen molar-refractivity contribution in [3.05, 3.63) is 52.3 Å². The van der Waals surface area contributed by atoms with Crippen molar-refractivity contribution < 1.29 is 4.58 Å². The van der Waals surface area contributed by atoms with Crippen molar-refractivity contribution in [3.8, 4) is 5.69 Å². The molecule has 23 heavy (non-hydrogen) atoms. The molecule has 2 aliphatic rings. The summed E-state index contributed by atoms with van der Waals surface area (Å²) in [6.45, 7) is 4.49. The van der Waals surface area contributed by atoms with Gasteiger partial charge in [-0.2, -0.15) is 0 Å². The first-order valence-electron chi connectivity index (χ1n) is 8.40. The normalized spacial score (nSPS) is 14.8. The van der Waals surface area contributed by atoms with Crippen LogP contribution in [0.3, 0.4) is 0 Å². The molecule has 0 atom stereocenters. The summed E-state index contributed by atoms with van der Waals surface area (Å²) in [6, 6.07) is 9.00. The summed E-state index contributed by atoms with van der Waals surface area (Å²) >= 11 is 0. The summed E-state index contributed by atoms with van der Waals surface area (Å²) in [5.74, 6) is 1.18. The van der Waals surface area contributed by atoms with Crippen molar-refractivity contribution in [3.63, 3.8) is 0 Å². The standard InChI is InChI=1S/C20H20N3/c1-4-13-5-6-15-11-17-21-16-8-7-14-9-10-22(3)19(14)20(16)23(17)18(15)12(13)2/h5-8,10H,4,9,11H2,1-3H3/q+1. The van der Waals surface area contributed by atoms with E-state index in [9.17, 15) is 0 Å². The van der Waals surface area contributed by atoms with Gasteiger partial charge in [0.2, 0.25) is 5.69 Å². The van der Waals surface area contributed by atoms with Crippen LogP contribution < -0.4 is 0 Å². The third kappa shape index (κ3) is 1.55. The predicted octanol–water partition coefficient (Wildman–Crippen LogP) is 3.70. The number of aryl methyl sites for hydroxylation is 1. The molecule has 0 N–H and O–H groups in total. The van der Waals surface area contributed by atoms with Gasteiger partial charge >= 0.3 is 0 Å². The Balaban J connectivity index is 1.92. The fraction of sp³-hybridized carbons (Fsp3) is 0.300. The Morgan fingerprint density at radius 2 is 2.00 bits per heavy atom. The molecule has 0 bridgehead atoms. The van der Waals surface area contributed by atoms with Crippen molar-refractivity contribution in [2.24, 2.45) is 0 Å². The second kappa shape index (κ2) is 4.31. The highest BCUT2D eigenvalue weighted by Crippen LogP contribution is 2.40. The average molecular weight is 302 g/mol. The maximum atomic E-state index is 4.94. The number of benzene rings is 2. The fourth-order valence-electron chi connectivity index (χ4n) is 4.29. The van der Waals surface area contributed by atoms with E-state index in [1.54, 1.807) is 0 Å². The SMILES string of the molecule is CCc1ccc2c(c1C)-n1c(nc3ccc4c(c31)[N+](C)=CC4)C2. The molecular weight excluding hydrogens is 282 g/mol. The van der Waals surface area contributed by atoms with Gasteiger partial charge in [0.15, 0.2) is 0 Å². The van der Waals surface area contributed by atoms with Gasteiger partial charge in [0.25, 0.3) is 0 Å². The quantitative estimate of drug-likeness (QED) is 0.491. The van der Waals surface area contributed by atoms with Crippen LogP contribution >= 0.6 is 0 Å². The molecule has 2 aromatic carbocycles. The fourth-order valence-corrected chi connectivity index (χ4v) is 4.29. The molecule has 3 aromatic rings. The molecule has 0 amide bonds.